The van der Waals surface area contributed by atoms with Crippen molar-refractivity contribution in [2.24, 2.45) is 5.41 Å². The topological polar surface area (TPSA) is 15.3 Å². The average molecular weight is 351 g/mol. The molecule has 2 aliphatic rings. The van der Waals surface area contributed by atoms with Crippen LogP contribution >= 0.6 is 15.9 Å². The van der Waals surface area contributed by atoms with Gasteiger partial charge < -0.3 is 10.2 Å². The summed E-state index contributed by atoms with van der Waals surface area (Å²) in [4.78, 5) is 2.60. The van der Waals surface area contributed by atoms with Crippen molar-refractivity contribution in [3.8, 4) is 0 Å². The maximum absolute atomic E-state index is 3.66. The lowest BCUT2D eigenvalue weighted by molar-refractivity contribution is 0.325. The van der Waals surface area contributed by atoms with Gasteiger partial charge in [0.1, 0.15) is 0 Å². The lowest BCUT2D eigenvalue weighted by Gasteiger charge is -2.27. The van der Waals surface area contributed by atoms with Gasteiger partial charge in [0.25, 0.3) is 0 Å². The summed E-state index contributed by atoms with van der Waals surface area (Å²) >= 11 is 3.63. The molecule has 1 aliphatic carbocycles. The predicted molar refractivity (Wildman–Crippen MR) is 93.8 cm³/mol. The van der Waals surface area contributed by atoms with E-state index in [9.17, 15) is 0 Å². The normalized spacial score (nSPS) is 22.1. The molecule has 0 aromatic heterocycles. The first-order valence-corrected chi connectivity index (χ1v) is 9.10. The standard InChI is InChI=1S/C18H27BrN2/c1-18(2)8-3-10-21(11-9-18)17-7-4-15(19)12-14(17)13-20-16-5-6-16/h4,7,12,16,20H,3,5-6,8-11,13H2,1-2H3. The maximum Gasteiger partial charge on any atom is 0.0412 e. The molecule has 2 nitrogen and oxygen atoms in total. The Morgan fingerprint density at radius 2 is 2.05 bits per heavy atom. The zero-order valence-electron chi connectivity index (χ0n) is 13.3. The fourth-order valence-corrected chi connectivity index (χ4v) is 3.62. The number of halogens is 1. The molecule has 1 heterocycles. The first kappa shape index (κ1) is 15.4. The average Bonchev–Trinajstić information content (AvgIpc) is 3.25. The SMILES string of the molecule is CC1(C)CCCN(c2ccc(Br)cc2CNC2CC2)CC1. The minimum atomic E-state index is 0.497. The summed E-state index contributed by atoms with van der Waals surface area (Å²) in [7, 11) is 0. The molecule has 1 aromatic rings. The van der Waals surface area contributed by atoms with E-state index in [4.69, 9.17) is 0 Å². The zero-order valence-corrected chi connectivity index (χ0v) is 14.9. The number of nitrogens with one attached hydrogen (secondary N) is 1. The van der Waals surface area contributed by atoms with Crippen molar-refractivity contribution in [1.82, 2.24) is 5.32 Å². The summed E-state index contributed by atoms with van der Waals surface area (Å²) in [5.74, 6) is 0. The van der Waals surface area contributed by atoms with Gasteiger partial charge in [0.05, 0.1) is 0 Å². The quantitative estimate of drug-likeness (QED) is 0.845. The molecule has 0 radical (unpaired) electrons. The van der Waals surface area contributed by atoms with Gasteiger partial charge in [-0.05, 0) is 61.3 Å². The Morgan fingerprint density at radius 1 is 1.24 bits per heavy atom. The Balaban J connectivity index is 1.76. The summed E-state index contributed by atoms with van der Waals surface area (Å²) in [6.07, 6.45) is 6.63. The highest BCUT2D eigenvalue weighted by Crippen LogP contribution is 2.33. The second-order valence-electron chi connectivity index (χ2n) is 7.43. The van der Waals surface area contributed by atoms with Gasteiger partial charge in [-0.3, -0.25) is 0 Å². The van der Waals surface area contributed by atoms with Crippen molar-refractivity contribution in [2.45, 2.75) is 58.5 Å². The van der Waals surface area contributed by atoms with Crippen LogP contribution in [0.2, 0.25) is 0 Å². The zero-order chi connectivity index (χ0) is 14.9. The number of hydrogen-bond donors (Lipinski definition) is 1. The van der Waals surface area contributed by atoms with Crippen LogP contribution < -0.4 is 10.2 Å². The van der Waals surface area contributed by atoms with Crippen LogP contribution in [0.25, 0.3) is 0 Å². The highest BCUT2D eigenvalue weighted by atomic mass is 79.9. The monoisotopic (exact) mass is 350 g/mol. The van der Waals surface area contributed by atoms with Gasteiger partial charge in [-0.25, -0.2) is 0 Å². The predicted octanol–water partition coefficient (Wildman–Crippen LogP) is 4.72. The van der Waals surface area contributed by atoms with E-state index in [1.54, 1.807) is 0 Å². The molecule has 1 aromatic carbocycles. The molecule has 0 unspecified atom stereocenters. The first-order chi connectivity index (χ1) is 10.0. The molecular formula is C18H27BrN2. The van der Waals surface area contributed by atoms with E-state index in [-0.39, 0.29) is 0 Å². The maximum atomic E-state index is 3.66. The number of anilines is 1. The van der Waals surface area contributed by atoms with E-state index in [1.807, 2.05) is 0 Å². The molecule has 0 bridgehead atoms. The Labute approximate surface area is 137 Å². The number of benzene rings is 1. The van der Waals surface area contributed by atoms with Crippen molar-refractivity contribution in [2.75, 3.05) is 18.0 Å². The molecule has 0 amide bonds. The second kappa shape index (κ2) is 6.29. The molecule has 1 N–H and O–H groups in total. The third-order valence-corrected chi connectivity index (χ3v) is 5.37. The Morgan fingerprint density at radius 3 is 2.81 bits per heavy atom. The fraction of sp³-hybridized carbons (Fsp3) is 0.667. The lowest BCUT2D eigenvalue weighted by Crippen LogP contribution is -2.27. The Bertz CT molecular complexity index is 494. The molecule has 3 rings (SSSR count). The Kier molecular flexibility index (Phi) is 4.60. The van der Waals surface area contributed by atoms with Crippen molar-refractivity contribution in [3.05, 3.63) is 28.2 Å². The largest absolute Gasteiger partial charge is 0.371 e. The molecule has 1 aliphatic heterocycles. The van der Waals surface area contributed by atoms with Crippen molar-refractivity contribution >= 4 is 21.6 Å². The van der Waals surface area contributed by atoms with Crippen molar-refractivity contribution in [3.63, 3.8) is 0 Å². The molecule has 0 atom stereocenters. The van der Waals surface area contributed by atoms with E-state index in [2.05, 4.69) is 58.2 Å². The highest BCUT2D eigenvalue weighted by Gasteiger charge is 2.25. The van der Waals surface area contributed by atoms with Crippen LogP contribution in [-0.4, -0.2) is 19.1 Å². The third kappa shape index (κ3) is 4.23. The molecular weight excluding hydrogens is 324 g/mol. The third-order valence-electron chi connectivity index (χ3n) is 4.88. The van der Waals surface area contributed by atoms with Crippen LogP contribution in [0.4, 0.5) is 5.69 Å². The number of nitrogens with zero attached hydrogens (tertiary/aromatic N) is 1. The number of hydrogen-bond acceptors (Lipinski definition) is 2. The van der Waals surface area contributed by atoms with Gasteiger partial charge in [-0.2, -0.15) is 0 Å². The summed E-state index contributed by atoms with van der Waals surface area (Å²) < 4.78 is 1.19. The van der Waals surface area contributed by atoms with E-state index in [0.717, 1.165) is 12.6 Å². The van der Waals surface area contributed by atoms with E-state index < -0.39 is 0 Å². The van der Waals surface area contributed by atoms with Crippen LogP contribution in [0, 0.1) is 5.41 Å². The van der Waals surface area contributed by atoms with E-state index >= 15 is 0 Å². The molecule has 1 saturated carbocycles. The van der Waals surface area contributed by atoms with Gasteiger partial charge in [0, 0.05) is 35.8 Å². The van der Waals surface area contributed by atoms with Gasteiger partial charge in [-0.15, -0.1) is 0 Å². The summed E-state index contributed by atoms with van der Waals surface area (Å²) in [6.45, 7) is 8.20. The molecule has 3 heteroatoms. The van der Waals surface area contributed by atoms with Gasteiger partial charge >= 0.3 is 0 Å². The van der Waals surface area contributed by atoms with Crippen LogP contribution in [0.1, 0.15) is 51.5 Å². The summed E-state index contributed by atoms with van der Waals surface area (Å²) in [5, 5.41) is 3.66. The summed E-state index contributed by atoms with van der Waals surface area (Å²) in [5.41, 5.74) is 3.37. The molecule has 2 fully saturated rings. The van der Waals surface area contributed by atoms with E-state index in [1.165, 1.54) is 60.9 Å². The van der Waals surface area contributed by atoms with E-state index in [0.29, 0.717) is 5.41 Å². The minimum Gasteiger partial charge on any atom is -0.371 e. The highest BCUT2D eigenvalue weighted by molar-refractivity contribution is 9.10. The molecule has 21 heavy (non-hydrogen) atoms. The molecule has 0 spiro atoms. The van der Waals surface area contributed by atoms with Gasteiger partial charge in [0.15, 0.2) is 0 Å². The Hall–Kier alpha value is -0.540. The fourth-order valence-electron chi connectivity index (χ4n) is 3.21. The lowest BCUT2D eigenvalue weighted by atomic mass is 9.85. The second-order valence-corrected chi connectivity index (χ2v) is 8.35. The number of rotatable bonds is 4. The molecule has 116 valence electrons. The van der Waals surface area contributed by atoms with Crippen molar-refractivity contribution < 1.29 is 0 Å². The van der Waals surface area contributed by atoms with Crippen LogP contribution in [-0.2, 0) is 6.54 Å². The summed E-state index contributed by atoms with van der Waals surface area (Å²) in [6, 6.07) is 7.54. The van der Waals surface area contributed by atoms with Crippen LogP contribution in [0.3, 0.4) is 0 Å². The smallest absolute Gasteiger partial charge is 0.0412 e. The van der Waals surface area contributed by atoms with Crippen LogP contribution in [0.15, 0.2) is 22.7 Å². The van der Waals surface area contributed by atoms with Crippen molar-refractivity contribution in [1.29, 1.82) is 0 Å². The van der Waals surface area contributed by atoms with Gasteiger partial charge in [0.2, 0.25) is 0 Å². The van der Waals surface area contributed by atoms with Gasteiger partial charge in [-0.1, -0.05) is 29.8 Å². The molecule has 1 saturated heterocycles. The first-order valence-electron chi connectivity index (χ1n) is 8.30. The minimum absolute atomic E-state index is 0.497. The van der Waals surface area contributed by atoms with Crippen LogP contribution in [0.5, 0.6) is 0 Å².